The van der Waals surface area contributed by atoms with Crippen LogP contribution < -0.4 is 15.4 Å². The summed E-state index contributed by atoms with van der Waals surface area (Å²) in [6.07, 6.45) is 0. The standard InChI is InChI=1S/C16H17ClN2O2/c1-18-14-8-4-3-6-11(14)16(20)19-10-12-13(17)7-5-9-15(12)21-2/h3-9,18H,10H2,1-2H3,(H,19,20). The number of hydrogen-bond acceptors (Lipinski definition) is 3. The molecule has 2 aromatic rings. The van der Waals surface area contributed by atoms with Crippen LogP contribution in [-0.2, 0) is 6.54 Å². The molecule has 0 fully saturated rings. The molecule has 2 rings (SSSR count). The number of ether oxygens (including phenoxy) is 1. The Hall–Kier alpha value is -2.20. The lowest BCUT2D eigenvalue weighted by Crippen LogP contribution is -2.24. The fourth-order valence-electron chi connectivity index (χ4n) is 2.06. The van der Waals surface area contributed by atoms with Gasteiger partial charge in [-0.3, -0.25) is 4.79 Å². The number of benzene rings is 2. The van der Waals surface area contributed by atoms with E-state index in [2.05, 4.69) is 10.6 Å². The summed E-state index contributed by atoms with van der Waals surface area (Å²) in [4.78, 5) is 12.3. The van der Waals surface area contributed by atoms with Crippen LogP contribution in [0.15, 0.2) is 42.5 Å². The number of methoxy groups -OCH3 is 1. The summed E-state index contributed by atoms with van der Waals surface area (Å²) in [6, 6.07) is 12.7. The van der Waals surface area contributed by atoms with Crippen molar-refractivity contribution in [3.63, 3.8) is 0 Å². The summed E-state index contributed by atoms with van der Waals surface area (Å²) in [5, 5.41) is 6.43. The van der Waals surface area contributed by atoms with E-state index in [0.717, 1.165) is 11.3 Å². The lowest BCUT2D eigenvalue weighted by molar-refractivity contribution is 0.0951. The molecule has 4 nitrogen and oxygen atoms in total. The smallest absolute Gasteiger partial charge is 0.253 e. The lowest BCUT2D eigenvalue weighted by Gasteiger charge is -2.13. The van der Waals surface area contributed by atoms with Crippen LogP contribution in [-0.4, -0.2) is 20.1 Å². The molecular formula is C16H17ClN2O2. The van der Waals surface area contributed by atoms with Crippen LogP contribution in [0.1, 0.15) is 15.9 Å². The minimum Gasteiger partial charge on any atom is -0.496 e. The zero-order chi connectivity index (χ0) is 15.2. The summed E-state index contributed by atoms with van der Waals surface area (Å²) in [5.41, 5.74) is 2.13. The maximum atomic E-state index is 12.3. The Morgan fingerprint density at radius 2 is 1.95 bits per heavy atom. The van der Waals surface area contributed by atoms with Gasteiger partial charge >= 0.3 is 0 Å². The molecule has 0 bridgehead atoms. The van der Waals surface area contributed by atoms with Gasteiger partial charge in [0.15, 0.2) is 0 Å². The van der Waals surface area contributed by atoms with Crippen molar-refractivity contribution in [3.8, 4) is 5.75 Å². The van der Waals surface area contributed by atoms with Crippen molar-refractivity contribution in [1.82, 2.24) is 5.32 Å². The molecule has 5 heteroatoms. The highest BCUT2D eigenvalue weighted by atomic mass is 35.5. The third-order valence-corrected chi connectivity index (χ3v) is 3.52. The van der Waals surface area contributed by atoms with Gasteiger partial charge in [-0.25, -0.2) is 0 Å². The van der Waals surface area contributed by atoms with Crippen molar-refractivity contribution in [2.24, 2.45) is 0 Å². The van der Waals surface area contributed by atoms with Gasteiger partial charge in [-0.05, 0) is 24.3 Å². The topological polar surface area (TPSA) is 50.4 Å². The number of para-hydroxylation sites is 1. The van der Waals surface area contributed by atoms with Crippen molar-refractivity contribution in [2.75, 3.05) is 19.5 Å². The molecule has 0 saturated heterocycles. The normalized spacial score (nSPS) is 10.0. The first-order valence-corrected chi connectivity index (χ1v) is 6.91. The van der Waals surface area contributed by atoms with Gasteiger partial charge in [0.1, 0.15) is 5.75 Å². The fraction of sp³-hybridized carbons (Fsp3) is 0.188. The maximum absolute atomic E-state index is 12.3. The van der Waals surface area contributed by atoms with Crippen LogP contribution in [0.4, 0.5) is 5.69 Å². The molecule has 0 aromatic heterocycles. The number of nitrogens with one attached hydrogen (secondary N) is 2. The van der Waals surface area contributed by atoms with E-state index in [0.29, 0.717) is 22.9 Å². The van der Waals surface area contributed by atoms with Crippen LogP contribution in [0.25, 0.3) is 0 Å². The first-order chi connectivity index (χ1) is 10.2. The summed E-state index contributed by atoms with van der Waals surface area (Å²) in [6.45, 7) is 0.305. The van der Waals surface area contributed by atoms with E-state index in [4.69, 9.17) is 16.3 Å². The lowest BCUT2D eigenvalue weighted by atomic mass is 10.1. The van der Waals surface area contributed by atoms with Gasteiger partial charge in [-0.15, -0.1) is 0 Å². The van der Waals surface area contributed by atoms with Crippen LogP contribution in [0.5, 0.6) is 5.75 Å². The molecule has 0 aliphatic heterocycles. The van der Waals surface area contributed by atoms with Crippen molar-refractivity contribution in [1.29, 1.82) is 0 Å². The van der Waals surface area contributed by atoms with Gasteiger partial charge < -0.3 is 15.4 Å². The number of rotatable bonds is 5. The maximum Gasteiger partial charge on any atom is 0.253 e. The Balaban J connectivity index is 2.15. The number of anilines is 1. The second-order valence-corrected chi connectivity index (χ2v) is 4.81. The van der Waals surface area contributed by atoms with E-state index in [-0.39, 0.29) is 5.91 Å². The third-order valence-electron chi connectivity index (χ3n) is 3.16. The second-order valence-electron chi connectivity index (χ2n) is 4.40. The Bertz CT molecular complexity index is 644. The average Bonchev–Trinajstić information content (AvgIpc) is 2.53. The molecule has 0 saturated carbocycles. The zero-order valence-corrected chi connectivity index (χ0v) is 12.7. The molecule has 0 unspecified atom stereocenters. The van der Waals surface area contributed by atoms with Crippen LogP contribution in [0.3, 0.4) is 0 Å². The first-order valence-electron chi connectivity index (χ1n) is 6.53. The highest BCUT2D eigenvalue weighted by Crippen LogP contribution is 2.26. The Morgan fingerprint density at radius 3 is 2.67 bits per heavy atom. The highest BCUT2D eigenvalue weighted by Gasteiger charge is 2.12. The van der Waals surface area contributed by atoms with Crippen LogP contribution in [0, 0.1) is 0 Å². The van der Waals surface area contributed by atoms with E-state index < -0.39 is 0 Å². The predicted molar refractivity (Wildman–Crippen MR) is 85.2 cm³/mol. The Morgan fingerprint density at radius 1 is 1.19 bits per heavy atom. The van der Waals surface area contributed by atoms with Gasteiger partial charge in [0, 0.05) is 29.9 Å². The fourth-order valence-corrected chi connectivity index (χ4v) is 2.30. The number of carbonyl (C=O) groups is 1. The second kappa shape index (κ2) is 6.99. The molecule has 1 amide bonds. The van der Waals surface area contributed by atoms with E-state index >= 15 is 0 Å². The molecule has 0 aliphatic carbocycles. The van der Waals surface area contributed by atoms with E-state index in [1.54, 1.807) is 26.3 Å². The van der Waals surface area contributed by atoms with Gasteiger partial charge in [-0.2, -0.15) is 0 Å². The van der Waals surface area contributed by atoms with Crippen molar-refractivity contribution in [2.45, 2.75) is 6.54 Å². The number of amides is 1. The minimum atomic E-state index is -0.165. The van der Waals surface area contributed by atoms with Crippen molar-refractivity contribution >= 4 is 23.2 Å². The summed E-state index contributed by atoms with van der Waals surface area (Å²) >= 11 is 6.15. The largest absolute Gasteiger partial charge is 0.496 e. The first kappa shape index (κ1) is 15.2. The zero-order valence-electron chi connectivity index (χ0n) is 11.9. The SMILES string of the molecule is CNc1ccccc1C(=O)NCc1c(Cl)cccc1OC. The molecule has 2 aromatic carbocycles. The van der Waals surface area contributed by atoms with E-state index in [1.165, 1.54) is 0 Å². The average molecular weight is 305 g/mol. The number of hydrogen-bond donors (Lipinski definition) is 2. The predicted octanol–water partition coefficient (Wildman–Crippen LogP) is 3.32. The van der Waals surface area contributed by atoms with Crippen molar-refractivity contribution < 1.29 is 9.53 Å². The molecule has 110 valence electrons. The molecule has 0 spiro atoms. The van der Waals surface area contributed by atoms with Gasteiger partial charge in [0.2, 0.25) is 0 Å². The molecule has 0 atom stereocenters. The van der Waals surface area contributed by atoms with E-state index in [1.807, 2.05) is 30.3 Å². The van der Waals surface area contributed by atoms with Gasteiger partial charge in [0.25, 0.3) is 5.91 Å². The number of halogens is 1. The molecule has 2 N–H and O–H groups in total. The Labute approximate surface area is 129 Å². The van der Waals surface area contributed by atoms with Crippen LogP contribution >= 0.6 is 11.6 Å². The summed E-state index contributed by atoms with van der Waals surface area (Å²) in [5.74, 6) is 0.492. The third kappa shape index (κ3) is 3.47. The minimum absolute atomic E-state index is 0.165. The number of carbonyl (C=O) groups excluding carboxylic acids is 1. The summed E-state index contributed by atoms with van der Waals surface area (Å²) in [7, 11) is 3.36. The van der Waals surface area contributed by atoms with Crippen molar-refractivity contribution in [3.05, 3.63) is 58.6 Å². The quantitative estimate of drug-likeness (QED) is 0.891. The van der Waals surface area contributed by atoms with Gasteiger partial charge in [0.05, 0.1) is 12.7 Å². The molecule has 0 radical (unpaired) electrons. The molecular weight excluding hydrogens is 288 g/mol. The molecule has 0 heterocycles. The van der Waals surface area contributed by atoms with Crippen LogP contribution in [0.2, 0.25) is 5.02 Å². The molecule has 21 heavy (non-hydrogen) atoms. The van der Waals surface area contributed by atoms with E-state index in [9.17, 15) is 4.79 Å². The highest BCUT2D eigenvalue weighted by molar-refractivity contribution is 6.31. The monoisotopic (exact) mass is 304 g/mol. The molecule has 0 aliphatic rings. The summed E-state index contributed by atoms with van der Waals surface area (Å²) < 4.78 is 5.26. The van der Waals surface area contributed by atoms with Gasteiger partial charge in [-0.1, -0.05) is 29.8 Å². The Kier molecular flexibility index (Phi) is 5.06.